The molecule has 0 aliphatic heterocycles. The highest BCUT2D eigenvalue weighted by Crippen LogP contribution is 2.20. The summed E-state index contributed by atoms with van der Waals surface area (Å²) in [5.74, 6) is 0.368. The number of nitrogens with one attached hydrogen (secondary N) is 2. The number of carbonyl (C=O) groups excluding carboxylic acids is 2. The van der Waals surface area contributed by atoms with E-state index in [2.05, 4.69) is 31.0 Å². The van der Waals surface area contributed by atoms with Crippen molar-refractivity contribution in [3.8, 4) is 0 Å². The van der Waals surface area contributed by atoms with E-state index in [4.69, 9.17) is 0 Å². The molecular weight excluding hydrogens is 434 g/mol. The molecule has 2 N–H and O–H groups in total. The number of thioether (sulfide) groups is 1. The molecule has 0 radical (unpaired) electrons. The van der Waals surface area contributed by atoms with Crippen LogP contribution in [0.2, 0.25) is 0 Å². The van der Waals surface area contributed by atoms with Gasteiger partial charge < -0.3 is 9.88 Å². The maximum Gasteiger partial charge on any atom is 0.236 e. The van der Waals surface area contributed by atoms with Gasteiger partial charge in [0.1, 0.15) is 10.8 Å². The molecule has 0 aliphatic carbocycles. The molecule has 0 fully saturated rings. The minimum atomic E-state index is -0.191. The highest BCUT2D eigenvalue weighted by Gasteiger charge is 2.17. The fraction of sp³-hybridized carbons (Fsp3) is 0.400. The van der Waals surface area contributed by atoms with Crippen molar-refractivity contribution in [1.82, 2.24) is 25.0 Å². The molecule has 9 nitrogen and oxygen atoms in total. The number of anilines is 2. The molecule has 31 heavy (non-hydrogen) atoms. The first-order valence-electron chi connectivity index (χ1n) is 9.93. The summed E-state index contributed by atoms with van der Waals surface area (Å²) >= 11 is 2.63. The zero-order chi connectivity index (χ0) is 22.4. The van der Waals surface area contributed by atoms with Crippen LogP contribution in [0.25, 0.3) is 0 Å². The topological polar surface area (TPSA) is 115 Å². The van der Waals surface area contributed by atoms with E-state index in [0.29, 0.717) is 22.7 Å². The molecule has 2 aromatic heterocycles. The molecule has 0 saturated carbocycles. The predicted molar refractivity (Wildman–Crippen MR) is 123 cm³/mol. The van der Waals surface area contributed by atoms with Crippen LogP contribution in [-0.2, 0) is 29.0 Å². The van der Waals surface area contributed by atoms with Crippen molar-refractivity contribution in [3.63, 3.8) is 0 Å². The summed E-state index contributed by atoms with van der Waals surface area (Å²) in [6.07, 6.45) is 0.882. The molecule has 164 valence electrons. The first-order chi connectivity index (χ1) is 14.9. The number of rotatable bonds is 9. The molecule has 0 bridgehead atoms. The lowest BCUT2D eigenvalue weighted by atomic mass is 10.1. The normalized spacial score (nSPS) is 10.8. The van der Waals surface area contributed by atoms with Crippen LogP contribution in [0.3, 0.4) is 0 Å². The van der Waals surface area contributed by atoms with Gasteiger partial charge in [-0.15, -0.1) is 20.4 Å². The Labute approximate surface area is 189 Å². The minimum absolute atomic E-state index is 0.103. The molecule has 3 rings (SSSR count). The molecule has 2 amide bonds. The van der Waals surface area contributed by atoms with Gasteiger partial charge in [-0.1, -0.05) is 47.7 Å². The van der Waals surface area contributed by atoms with Crippen LogP contribution in [0.5, 0.6) is 0 Å². The van der Waals surface area contributed by atoms with Crippen LogP contribution in [-0.4, -0.2) is 42.5 Å². The van der Waals surface area contributed by atoms with Gasteiger partial charge in [0.25, 0.3) is 0 Å². The van der Waals surface area contributed by atoms with E-state index in [1.165, 1.54) is 23.1 Å². The zero-order valence-electron chi connectivity index (χ0n) is 17.9. The summed E-state index contributed by atoms with van der Waals surface area (Å²) in [6.45, 7) is 8.51. The molecule has 0 atom stereocenters. The fourth-order valence-corrected chi connectivity index (χ4v) is 4.42. The third-order valence-electron chi connectivity index (χ3n) is 4.43. The highest BCUT2D eigenvalue weighted by molar-refractivity contribution is 7.99. The van der Waals surface area contributed by atoms with E-state index >= 15 is 0 Å². The Kier molecular flexibility index (Phi) is 7.75. The molecule has 2 heterocycles. The van der Waals surface area contributed by atoms with E-state index in [1.807, 2.05) is 50.5 Å². The first-order valence-corrected chi connectivity index (χ1v) is 11.7. The maximum absolute atomic E-state index is 12.5. The van der Waals surface area contributed by atoms with Gasteiger partial charge in [-0.2, -0.15) is 0 Å². The van der Waals surface area contributed by atoms with E-state index in [0.717, 1.165) is 28.2 Å². The van der Waals surface area contributed by atoms with Crippen LogP contribution < -0.4 is 10.6 Å². The third kappa shape index (κ3) is 6.11. The lowest BCUT2D eigenvalue weighted by Gasteiger charge is -2.10. The van der Waals surface area contributed by atoms with Crippen molar-refractivity contribution in [2.75, 3.05) is 16.4 Å². The van der Waals surface area contributed by atoms with E-state index < -0.39 is 0 Å². The standard InChI is InChI=1S/C20H25N7O2S2/c1-5-18-24-25-19(31-18)22-17(29)11-30-20-26-23-15(27(20)6-2)10-16(28)21-14-8-7-12(3)9-13(14)4/h7-9H,5-6,10-11H2,1-4H3,(H,21,28)(H,22,25,29). The molecule has 0 unspecified atom stereocenters. The molecule has 0 aliphatic rings. The number of benzene rings is 1. The Morgan fingerprint density at radius 2 is 1.87 bits per heavy atom. The van der Waals surface area contributed by atoms with Gasteiger partial charge in [-0.3, -0.25) is 14.9 Å². The Balaban J connectivity index is 1.58. The van der Waals surface area contributed by atoms with E-state index in [1.54, 1.807) is 0 Å². The van der Waals surface area contributed by atoms with Gasteiger partial charge in [-0.25, -0.2) is 0 Å². The Morgan fingerprint density at radius 3 is 2.55 bits per heavy atom. The van der Waals surface area contributed by atoms with E-state index in [-0.39, 0.29) is 24.0 Å². The van der Waals surface area contributed by atoms with Crippen molar-refractivity contribution < 1.29 is 9.59 Å². The molecule has 1 aromatic carbocycles. The Morgan fingerprint density at radius 1 is 1.06 bits per heavy atom. The van der Waals surface area contributed by atoms with Gasteiger partial charge in [-0.05, 0) is 38.8 Å². The summed E-state index contributed by atoms with van der Waals surface area (Å²) < 4.78 is 1.85. The molecule has 0 saturated heterocycles. The Hall–Kier alpha value is -2.79. The van der Waals surface area contributed by atoms with Crippen LogP contribution in [0.1, 0.15) is 35.8 Å². The maximum atomic E-state index is 12.5. The molecule has 11 heteroatoms. The second kappa shape index (κ2) is 10.5. The summed E-state index contributed by atoms with van der Waals surface area (Å²) in [5, 5.41) is 23.9. The largest absolute Gasteiger partial charge is 0.325 e. The van der Waals surface area contributed by atoms with Crippen LogP contribution in [0.4, 0.5) is 10.8 Å². The van der Waals surface area contributed by atoms with Gasteiger partial charge in [0.15, 0.2) is 5.16 Å². The number of hydrogen-bond acceptors (Lipinski definition) is 8. The van der Waals surface area contributed by atoms with Crippen LogP contribution in [0, 0.1) is 13.8 Å². The number of amides is 2. The SMILES string of the molecule is CCc1nnc(NC(=O)CSc2nnc(CC(=O)Nc3ccc(C)cc3C)n2CC)s1. The van der Waals surface area contributed by atoms with Gasteiger partial charge >= 0.3 is 0 Å². The average Bonchev–Trinajstić information content (AvgIpc) is 3.34. The lowest BCUT2D eigenvalue weighted by molar-refractivity contribution is -0.116. The minimum Gasteiger partial charge on any atom is -0.325 e. The second-order valence-electron chi connectivity index (χ2n) is 6.88. The zero-order valence-corrected chi connectivity index (χ0v) is 19.6. The number of nitrogens with zero attached hydrogens (tertiary/aromatic N) is 5. The Bertz CT molecular complexity index is 1080. The van der Waals surface area contributed by atoms with Crippen molar-refractivity contribution in [1.29, 1.82) is 0 Å². The molecule has 3 aromatic rings. The third-order valence-corrected chi connectivity index (χ3v) is 6.38. The lowest BCUT2D eigenvalue weighted by Crippen LogP contribution is -2.18. The van der Waals surface area contributed by atoms with Crippen LogP contribution >= 0.6 is 23.1 Å². The van der Waals surface area contributed by atoms with Crippen molar-refractivity contribution in [2.24, 2.45) is 0 Å². The number of carbonyl (C=O) groups is 2. The number of aromatic nitrogens is 5. The summed E-state index contributed by atoms with van der Waals surface area (Å²) in [6, 6.07) is 5.88. The monoisotopic (exact) mass is 459 g/mol. The quantitative estimate of drug-likeness (QED) is 0.472. The van der Waals surface area contributed by atoms with Crippen molar-refractivity contribution >= 4 is 45.7 Å². The van der Waals surface area contributed by atoms with E-state index in [9.17, 15) is 9.59 Å². The summed E-state index contributed by atoms with van der Waals surface area (Å²) in [7, 11) is 0. The highest BCUT2D eigenvalue weighted by atomic mass is 32.2. The average molecular weight is 460 g/mol. The molecular formula is C20H25N7O2S2. The van der Waals surface area contributed by atoms with Crippen LogP contribution in [0.15, 0.2) is 23.4 Å². The summed E-state index contributed by atoms with van der Waals surface area (Å²) in [5.41, 5.74) is 2.94. The smallest absolute Gasteiger partial charge is 0.236 e. The van der Waals surface area contributed by atoms with Crippen molar-refractivity contribution in [2.45, 2.75) is 52.2 Å². The van der Waals surface area contributed by atoms with Crippen molar-refractivity contribution in [3.05, 3.63) is 40.2 Å². The summed E-state index contributed by atoms with van der Waals surface area (Å²) in [4.78, 5) is 24.7. The van der Waals surface area contributed by atoms with Gasteiger partial charge in [0, 0.05) is 12.2 Å². The van der Waals surface area contributed by atoms with Gasteiger partial charge in [0.2, 0.25) is 16.9 Å². The van der Waals surface area contributed by atoms with Gasteiger partial charge in [0.05, 0.1) is 12.2 Å². The first kappa shape index (κ1) is 22.9. The fourth-order valence-electron chi connectivity index (χ4n) is 2.90. The predicted octanol–water partition coefficient (Wildman–Crippen LogP) is 3.24. The second-order valence-corrected chi connectivity index (χ2v) is 8.88. The number of hydrogen-bond donors (Lipinski definition) is 2. The molecule has 0 spiro atoms. The number of aryl methyl sites for hydroxylation is 3.